The topological polar surface area (TPSA) is 35.0 Å². The zero-order valence-electron chi connectivity index (χ0n) is 31.6. The predicted molar refractivity (Wildman–Crippen MR) is 226 cm³/mol. The highest BCUT2D eigenvalue weighted by atomic mass is 19.1. The van der Waals surface area contributed by atoms with Crippen LogP contribution in [0.2, 0.25) is 0 Å². The highest BCUT2D eigenvalue weighted by Gasteiger charge is 2.47. The fourth-order valence-corrected chi connectivity index (χ4v) is 9.31. The van der Waals surface area contributed by atoms with Crippen molar-refractivity contribution in [2.45, 2.75) is 37.7 Å². The van der Waals surface area contributed by atoms with Crippen molar-refractivity contribution in [3.8, 4) is 50.8 Å². The summed E-state index contributed by atoms with van der Waals surface area (Å²) >= 11 is 0. The Morgan fingerprint density at radius 2 is 1.14 bits per heavy atom. The molecule has 276 valence electrons. The van der Waals surface area contributed by atoms with Crippen molar-refractivity contribution in [3.63, 3.8) is 0 Å². The summed E-state index contributed by atoms with van der Waals surface area (Å²) in [6, 6.07) is 50.7. The zero-order valence-corrected chi connectivity index (χ0v) is 31.6. The zero-order chi connectivity index (χ0) is 38.7. The predicted octanol–water partition coefficient (Wildman–Crippen LogP) is 13.3. The van der Waals surface area contributed by atoms with E-state index in [-0.39, 0.29) is 5.41 Å². The molecule has 0 saturated heterocycles. The van der Waals surface area contributed by atoms with Gasteiger partial charge in [0, 0.05) is 50.2 Å². The Bertz CT molecular complexity index is 2790. The normalized spacial score (nSPS) is 16.1. The largest absolute Gasteiger partial charge is 0.472 e. The van der Waals surface area contributed by atoms with Gasteiger partial charge < -0.3 is 4.74 Å². The summed E-state index contributed by atoms with van der Waals surface area (Å²) in [7, 11) is 0. The van der Waals surface area contributed by atoms with E-state index in [0.717, 1.165) is 63.3 Å². The van der Waals surface area contributed by atoms with Crippen LogP contribution in [0.3, 0.4) is 0 Å². The molecule has 0 N–H and O–H groups in total. The summed E-state index contributed by atoms with van der Waals surface area (Å²) in [5.41, 5.74) is 9.92. The lowest BCUT2D eigenvalue weighted by molar-refractivity contribution is 0.162. The van der Waals surface area contributed by atoms with E-state index in [1.54, 1.807) is 0 Å². The second kappa shape index (κ2) is 13.5. The first-order valence-corrected chi connectivity index (χ1v) is 19.6. The Morgan fingerprint density at radius 1 is 0.561 bits per heavy atom. The summed E-state index contributed by atoms with van der Waals surface area (Å²) in [5.74, 6) is -0.0806. The molecule has 1 aliphatic heterocycles. The van der Waals surface area contributed by atoms with Gasteiger partial charge in [-0.15, -0.1) is 0 Å². The molecular weight excluding hydrogens is 707 g/mol. The van der Waals surface area contributed by atoms with Crippen molar-refractivity contribution in [2.24, 2.45) is 0 Å². The van der Waals surface area contributed by atoms with Crippen molar-refractivity contribution in [1.82, 2.24) is 9.97 Å². The van der Waals surface area contributed by atoms with E-state index < -0.39 is 17.2 Å². The van der Waals surface area contributed by atoms with Gasteiger partial charge in [0.1, 0.15) is 17.4 Å². The molecule has 1 unspecified atom stereocenters. The smallest absolute Gasteiger partial charge is 0.178 e. The molecule has 1 atom stereocenters. The van der Waals surface area contributed by atoms with E-state index in [2.05, 4.69) is 62.4 Å². The van der Waals surface area contributed by atoms with Gasteiger partial charge in [-0.25, -0.2) is 18.7 Å². The minimum atomic E-state index is -1.36. The molecule has 0 spiro atoms. The van der Waals surface area contributed by atoms with Crippen LogP contribution in [0.4, 0.5) is 8.78 Å². The van der Waals surface area contributed by atoms with Crippen LogP contribution in [0.25, 0.3) is 61.9 Å². The Kier molecular flexibility index (Phi) is 8.22. The number of benzene rings is 7. The number of fused-ring (bicyclic) bond motifs is 8. The fourth-order valence-electron chi connectivity index (χ4n) is 9.31. The quantitative estimate of drug-likeness (QED) is 0.163. The SMILES string of the molecule is CCC1(CC)c2ccccc2-c2c1c1c(c3ccccc23)OC(c2ccc(-c3nc(-c4ccccc4)cc(-c4ccccc4)n3)cc2)(c2cc(F)cc(F)c2)C=C1. The van der Waals surface area contributed by atoms with Crippen LogP contribution in [0.1, 0.15) is 54.5 Å². The van der Waals surface area contributed by atoms with Crippen LogP contribution < -0.4 is 4.74 Å². The molecule has 0 bridgehead atoms. The molecule has 5 heteroatoms. The number of ether oxygens (including phenoxy) is 1. The summed E-state index contributed by atoms with van der Waals surface area (Å²) in [6.45, 7) is 4.52. The van der Waals surface area contributed by atoms with E-state index in [1.807, 2.05) is 103 Å². The second-order valence-corrected chi connectivity index (χ2v) is 15.0. The van der Waals surface area contributed by atoms with Crippen molar-refractivity contribution in [1.29, 1.82) is 0 Å². The first-order valence-electron chi connectivity index (χ1n) is 19.6. The average molecular weight is 745 g/mol. The average Bonchev–Trinajstić information content (AvgIpc) is 3.57. The molecule has 0 radical (unpaired) electrons. The molecule has 8 aromatic rings. The van der Waals surface area contributed by atoms with E-state index >= 15 is 8.78 Å². The van der Waals surface area contributed by atoms with Gasteiger partial charge in [-0.1, -0.05) is 153 Å². The minimum Gasteiger partial charge on any atom is -0.472 e. The van der Waals surface area contributed by atoms with Crippen LogP contribution in [-0.2, 0) is 11.0 Å². The van der Waals surface area contributed by atoms with Gasteiger partial charge in [0.05, 0.1) is 11.4 Å². The first-order chi connectivity index (χ1) is 27.9. The van der Waals surface area contributed by atoms with E-state index in [4.69, 9.17) is 14.7 Å². The number of nitrogens with zero attached hydrogens (tertiary/aromatic N) is 2. The molecule has 0 saturated carbocycles. The second-order valence-electron chi connectivity index (χ2n) is 15.0. The number of hydrogen-bond acceptors (Lipinski definition) is 3. The summed E-state index contributed by atoms with van der Waals surface area (Å²) in [5, 5.41) is 2.04. The van der Waals surface area contributed by atoms with Gasteiger partial charge in [-0.2, -0.15) is 0 Å². The molecule has 57 heavy (non-hydrogen) atoms. The first kappa shape index (κ1) is 34.7. The van der Waals surface area contributed by atoms with Crippen molar-refractivity contribution < 1.29 is 13.5 Å². The van der Waals surface area contributed by atoms with Gasteiger partial charge in [-0.3, -0.25) is 0 Å². The van der Waals surface area contributed by atoms with Crippen LogP contribution in [0, 0.1) is 11.6 Å². The third kappa shape index (κ3) is 5.44. The van der Waals surface area contributed by atoms with Crippen molar-refractivity contribution >= 4 is 16.8 Å². The van der Waals surface area contributed by atoms with Crippen molar-refractivity contribution in [2.75, 3.05) is 0 Å². The summed E-state index contributed by atoms with van der Waals surface area (Å²) in [6.07, 6.45) is 5.93. The molecule has 0 fully saturated rings. The van der Waals surface area contributed by atoms with Gasteiger partial charge in [-0.05, 0) is 64.8 Å². The number of aromatic nitrogens is 2. The number of hydrogen-bond donors (Lipinski definition) is 0. The van der Waals surface area contributed by atoms with Crippen LogP contribution >= 0.6 is 0 Å². The third-order valence-corrected chi connectivity index (χ3v) is 12.1. The molecule has 2 aliphatic rings. The highest BCUT2D eigenvalue weighted by molar-refractivity contribution is 6.08. The Balaban J connectivity index is 1.16. The molecule has 3 nitrogen and oxygen atoms in total. The molecule has 2 heterocycles. The Hall–Kier alpha value is -6.72. The molecule has 1 aromatic heterocycles. The van der Waals surface area contributed by atoms with Gasteiger partial charge in [0.15, 0.2) is 11.4 Å². The van der Waals surface area contributed by atoms with Crippen LogP contribution in [-0.4, -0.2) is 9.97 Å². The van der Waals surface area contributed by atoms with Crippen LogP contribution in [0.15, 0.2) is 164 Å². The minimum absolute atomic E-state index is 0.229. The molecule has 0 amide bonds. The van der Waals surface area contributed by atoms with Crippen LogP contribution in [0.5, 0.6) is 5.75 Å². The van der Waals surface area contributed by atoms with Gasteiger partial charge >= 0.3 is 0 Å². The van der Waals surface area contributed by atoms with Gasteiger partial charge in [0.25, 0.3) is 0 Å². The molecule has 10 rings (SSSR count). The molecule has 1 aliphatic carbocycles. The lowest BCUT2D eigenvalue weighted by Gasteiger charge is -2.39. The molecule has 7 aromatic carbocycles. The molecular formula is C52H38F2N2O. The monoisotopic (exact) mass is 744 g/mol. The number of rotatable bonds is 7. The summed E-state index contributed by atoms with van der Waals surface area (Å²) in [4.78, 5) is 10.1. The van der Waals surface area contributed by atoms with Gasteiger partial charge in [0.2, 0.25) is 0 Å². The Morgan fingerprint density at radius 3 is 1.77 bits per heavy atom. The van der Waals surface area contributed by atoms with E-state index in [1.165, 1.54) is 34.4 Å². The van der Waals surface area contributed by atoms with E-state index in [9.17, 15) is 0 Å². The lowest BCUT2D eigenvalue weighted by atomic mass is 9.71. The maximum absolute atomic E-state index is 15.2. The lowest BCUT2D eigenvalue weighted by Crippen LogP contribution is -2.35. The number of halogens is 2. The standard InChI is InChI=1S/C52H38F2N2O/c1-3-51(4-2)44-22-14-13-21-42(44)47-40-19-11-12-20-41(40)49-43(48(47)51)27-28-52(57-49,37-29-38(53)31-39(54)30-37)36-25-23-35(24-26-36)50-55-45(33-15-7-5-8-16-33)32-46(56-50)34-17-9-6-10-18-34/h5-32H,3-4H2,1-2H3. The fraction of sp³-hybridized carbons (Fsp3) is 0.115. The maximum atomic E-state index is 15.2. The maximum Gasteiger partial charge on any atom is 0.178 e. The Labute approximate surface area is 331 Å². The highest BCUT2D eigenvalue weighted by Crippen LogP contribution is 2.60. The van der Waals surface area contributed by atoms with Crippen molar-refractivity contribution in [3.05, 3.63) is 203 Å². The summed E-state index contributed by atoms with van der Waals surface area (Å²) < 4.78 is 37.9. The third-order valence-electron chi connectivity index (χ3n) is 12.1. The van der Waals surface area contributed by atoms with E-state index in [0.29, 0.717) is 22.7 Å².